The maximum absolute atomic E-state index is 12.3. The Kier molecular flexibility index (Phi) is 4.74. The average molecular weight is 324 g/mol. The molecule has 0 bridgehead atoms. The number of carbonyl (C=O) groups is 1. The topological polar surface area (TPSA) is 90.1 Å². The van der Waals surface area contributed by atoms with E-state index in [1.54, 1.807) is 30.3 Å². The van der Waals surface area contributed by atoms with Crippen LogP contribution in [0.25, 0.3) is 0 Å². The predicted molar refractivity (Wildman–Crippen MR) is 83.4 cm³/mol. The smallest absolute Gasteiger partial charge is 0.211 e. The SMILES string of the molecule is CCCCS(=O)(=O)c1nc(N)c(C(=O)c2ccccc2)s1. The van der Waals surface area contributed by atoms with Gasteiger partial charge in [0.25, 0.3) is 0 Å². The fourth-order valence-electron chi connectivity index (χ4n) is 1.75. The highest BCUT2D eigenvalue weighted by molar-refractivity contribution is 7.93. The molecular formula is C14H16N2O3S2. The molecule has 0 aliphatic heterocycles. The van der Waals surface area contributed by atoms with Gasteiger partial charge in [-0.25, -0.2) is 13.4 Å². The molecule has 1 aromatic heterocycles. The summed E-state index contributed by atoms with van der Waals surface area (Å²) in [7, 11) is -3.46. The fraction of sp³-hybridized carbons (Fsp3) is 0.286. The highest BCUT2D eigenvalue weighted by Gasteiger charge is 2.24. The summed E-state index contributed by atoms with van der Waals surface area (Å²) >= 11 is 0.846. The van der Waals surface area contributed by atoms with Gasteiger partial charge in [-0.2, -0.15) is 0 Å². The molecule has 0 fully saturated rings. The first-order valence-corrected chi connectivity index (χ1v) is 9.01. The summed E-state index contributed by atoms with van der Waals surface area (Å²) < 4.78 is 24.1. The van der Waals surface area contributed by atoms with Crippen molar-refractivity contribution in [3.05, 3.63) is 40.8 Å². The molecule has 2 N–H and O–H groups in total. The second-order valence-electron chi connectivity index (χ2n) is 4.56. The van der Waals surface area contributed by atoms with Gasteiger partial charge < -0.3 is 5.73 Å². The van der Waals surface area contributed by atoms with Crippen molar-refractivity contribution in [2.45, 2.75) is 24.1 Å². The second-order valence-corrected chi connectivity index (χ2v) is 7.84. The molecule has 1 heterocycles. The van der Waals surface area contributed by atoms with Gasteiger partial charge in [0.15, 0.2) is 0 Å². The monoisotopic (exact) mass is 324 g/mol. The maximum atomic E-state index is 12.3. The number of nitrogens with two attached hydrogens (primary N) is 1. The van der Waals surface area contributed by atoms with Crippen molar-refractivity contribution in [2.75, 3.05) is 11.5 Å². The molecule has 0 aliphatic rings. The van der Waals surface area contributed by atoms with E-state index in [0.717, 1.165) is 17.8 Å². The van der Waals surface area contributed by atoms with Gasteiger partial charge in [-0.3, -0.25) is 4.79 Å². The molecular weight excluding hydrogens is 308 g/mol. The molecule has 7 heteroatoms. The number of hydrogen-bond donors (Lipinski definition) is 1. The van der Waals surface area contributed by atoms with Crippen LogP contribution in [-0.2, 0) is 9.84 Å². The molecule has 2 aromatic rings. The minimum absolute atomic E-state index is 0.0232. The Labute approximate surface area is 127 Å². The summed E-state index contributed by atoms with van der Waals surface area (Å²) in [4.78, 5) is 16.4. The van der Waals surface area contributed by atoms with Crippen LogP contribution in [0.2, 0.25) is 0 Å². The van der Waals surface area contributed by atoms with Crippen LogP contribution in [0.1, 0.15) is 35.0 Å². The van der Waals surface area contributed by atoms with E-state index >= 15 is 0 Å². The molecule has 0 amide bonds. The Morgan fingerprint density at radius 2 is 1.95 bits per heavy atom. The predicted octanol–water partition coefficient (Wildman–Crippen LogP) is 2.53. The van der Waals surface area contributed by atoms with E-state index in [-0.39, 0.29) is 26.6 Å². The third-order valence-electron chi connectivity index (χ3n) is 2.91. The lowest BCUT2D eigenvalue weighted by molar-refractivity contribution is 0.104. The molecule has 0 saturated heterocycles. The number of benzene rings is 1. The Morgan fingerprint density at radius 3 is 2.57 bits per heavy atom. The van der Waals surface area contributed by atoms with Crippen molar-refractivity contribution < 1.29 is 13.2 Å². The number of sulfone groups is 1. The zero-order valence-electron chi connectivity index (χ0n) is 11.6. The molecule has 1 aromatic carbocycles. The second kappa shape index (κ2) is 6.36. The Hall–Kier alpha value is -1.73. The Bertz CT molecular complexity index is 737. The highest BCUT2D eigenvalue weighted by atomic mass is 32.2. The standard InChI is InChI=1S/C14H16N2O3S2/c1-2-3-9-21(18,19)14-16-13(15)12(20-14)11(17)10-7-5-4-6-8-10/h4-8H,2-3,9,15H2,1H3. The first-order chi connectivity index (χ1) is 9.95. The molecule has 0 unspecified atom stereocenters. The summed E-state index contributed by atoms with van der Waals surface area (Å²) in [6, 6.07) is 8.60. The Morgan fingerprint density at radius 1 is 1.29 bits per heavy atom. The summed E-state index contributed by atoms with van der Waals surface area (Å²) in [6.45, 7) is 1.91. The first-order valence-electron chi connectivity index (χ1n) is 6.54. The van der Waals surface area contributed by atoms with E-state index in [2.05, 4.69) is 4.98 Å². The van der Waals surface area contributed by atoms with Crippen LogP contribution in [0.5, 0.6) is 0 Å². The maximum Gasteiger partial charge on any atom is 0.211 e. The largest absolute Gasteiger partial charge is 0.382 e. The zero-order valence-corrected chi connectivity index (χ0v) is 13.2. The third kappa shape index (κ3) is 3.48. The summed E-state index contributed by atoms with van der Waals surface area (Å²) in [5, 5.41) is 0. The van der Waals surface area contributed by atoms with Crippen LogP contribution in [0.4, 0.5) is 5.82 Å². The lowest BCUT2D eigenvalue weighted by Crippen LogP contribution is -2.06. The number of hydrogen-bond acceptors (Lipinski definition) is 6. The molecule has 0 saturated carbocycles. The van der Waals surface area contributed by atoms with Crippen molar-refractivity contribution in [3.8, 4) is 0 Å². The van der Waals surface area contributed by atoms with E-state index in [9.17, 15) is 13.2 Å². The van der Waals surface area contributed by atoms with Crippen molar-refractivity contribution in [1.82, 2.24) is 4.98 Å². The molecule has 5 nitrogen and oxygen atoms in total. The van der Waals surface area contributed by atoms with Crippen LogP contribution in [0, 0.1) is 0 Å². The fourth-order valence-corrected chi connectivity index (χ4v) is 4.52. The average Bonchev–Trinajstić information content (AvgIpc) is 2.88. The normalized spacial score (nSPS) is 11.5. The number of unbranched alkanes of at least 4 members (excludes halogenated alkanes) is 1. The quantitative estimate of drug-likeness (QED) is 0.825. The zero-order chi connectivity index (χ0) is 15.5. The van der Waals surface area contributed by atoms with E-state index in [1.807, 2.05) is 6.92 Å². The van der Waals surface area contributed by atoms with Gasteiger partial charge in [0.2, 0.25) is 20.0 Å². The number of carbonyl (C=O) groups excluding carboxylic acids is 1. The number of nitrogen functional groups attached to an aromatic ring is 1. The van der Waals surface area contributed by atoms with Crippen molar-refractivity contribution in [3.63, 3.8) is 0 Å². The van der Waals surface area contributed by atoms with E-state index in [1.165, 1.54) is 0 Å². The minimum Gasteiger partial charge on any atom is -0.382 e. The summed E-state index contributed by atoms with van der Waals surface area (Å²) in [6.07, 6.45) is 1.33. The summed E-state index contributed by atoms with van der Waals surface area (Å²) in [5.74, 6) is -0.304. The van der Waals surface area contributed by atoms with Crippen molar-refractivity contribution in [2.24, 2.45) is 0 Å². The van der Waals surface area contributed by atoms with Gasteiger partial charge in [0.1, 0.15) is 10.7 Å². The Balaban J connectivity index is 2.34. The number of aromatic nitrogens is 1. The molecule has 2 rings (SSSR count). The van der Waals surface area contributed by atoms with Gasteiger partial charge in [-0.1, -0.05) is 55.0 Å². The van der Waals surface area contributed by atoms with Gasteiger partial charge in [-0.15, -0.1) is 0 Å². The molecule has 0 atom stereocenters. The van der Waals surface area contributed by atoms with Crippen molar-refractivity contribution >= 4 is 32.8 Å². The third-order valence-corrected chi connectivity index (χ3v) is 6.23. The van der Waals surface area contributed by atoms with Crippen LogP contribution in [0.15, 0.2) is 34.7 Å². The number of thiazole rings is 1. The first kappa shape index (κ1) is 15.7. The van der Waals surface area contributed by atoms with E-state index < -0.39 is 9.84 Å². The summed E-state index contributed by atoms with van der Waals surface area (Å²) in [5.41, 5.74) is 6.18. The molecule has 21 heavy (non-hydrogen) atoms. The lowest BCUT2D eigenvalue weighted by atomic mass is 10.1. The van der Waals surface area contributed by atoms with Crippen LogP contribution in [-0.4, -0.2) is 24.9 Å². The van der Waals surface area contributed by atoms with Gasteiger partial charge in [0, 0.05) is 5.56 Å². The number of anilines is 1. The van der Waals surface area contributed by atoms with Gasteiger partial charge in [0.05, 0.1) is 5.75 Å². The van der Waals surface area contributed by atoms with Crippen LogP contribution >= 0.6 is 11.3 Å². The van der Waals surface area contributed by atoms with Crippen LogP contribution in [0.3, 0.4) is 0 Å². The highest BCUT2D eigenvalue weighted by Crippen LogP contribution is 2.28. The van der Waals surface area contributed by atoms with E-state index in [0.29, 0.717) is 12.0 Å². The number of rotatable bonds is 6. The molecule has 0 aliphatic carbocycles. The van der Waals surface area contributed by atoms with Crippen molar-refractivity contribution in [1.29, 1.82) is 0 Å². The molecule has 112 valence electrons. The molecule has 0 radical (unpaired) electrons. The number of ketones is 1. The van der Waals surface area contributed by atoms with Crippen LogP contribution < -0.4 is 5.73 Å². The lowest BCUT2D eigenvalue weighted by Gasteiger charge is -1.98. The van der Waals surface area contributed by atoms with E-state index in [4.69, 9.17) is 5.73 Å². The van der Waals surface area contributed by atoms with Gasteiger partial charge in [-0.05, 0) is 6.42 Å². The van der Waals surface area contributed by atoms with Gasteiger partial charge >= 0.3 is 0 Å². The number of nitrogens with zero attached hydrogens (tertiary/aromatic N) is 1. The molecule has 0 spiro atoms. The minimum atomic E-state index is -3.46.